The van der Waals surface area contributed by atoms with Gasteiger partial charge in [0.15, 0.2) is 0 Å². The molecule has 10 nitrogen and oxygen atoms in total. The molecule has 1 aliphatic rings. The summed E-state index contributed by atoms with van der Waals surface area (Å²) in [5.74, 6) is 0.495. The molecule has 0 radical (unpaired) electrons. The number of aryl methyl sites for hydroxylation is 3. The fourth-order valence-corrected chi connectivity index (χ4v) is 4.50. The number of nitrogens with one attached hydrogen (secondary N) is 2. The molecule has 4 rings (SSSR count). The monoisotopic (exact) mass is 450 g/mol. The summed E-state index contributed by atoms with van der Waals surface area (Å²) in [6.07, 6.45) is 8.76. The first-order chi connectivity index (χ1) is 15.8. The second-order valence-corrected chi connectivity index (χ2v) is 8.94. The molecule has 3 aromatic heterocycles. The molecule has 3 heterocycles. The Kier molecular flexibility index (Phi) is 6.52. The van der Waals surface area contributed by atoms with Crippen molar-refractivity contribution in [1.82, 2.24) is 35.1 Å². The van der Waals surface area contributed by atoms with Crippen molar-refractivity contribution in [2.75, 3.05) is 5.32 Å². The predicted octanol–water partition coefficient (Wildman–Crippen LogP) is 2.48. The summed E-state index contributed by atoms with van der Waals surface area (Å²) < 4.78 is 3.20. The molecule has 3 aromatic rings. The minimum Gasteiger partial charge on any atom is -0.339 e. The van der Waals surface area contributed by atoms with Gasteiger partial charge in [-0.3, -0.25) is 14.3 Å². The molecule has 0 spiro atoms. The number of amides is 2. The second-order valence-electron chi connectivity index (χ2n) is 8.94. The van der Waals surface area contributed by atoms with Gasteiger partial charge in [-0.2, -0.15) is 5.10 Å². The molecule has 0 aromatic carbocycles. The van der Waals surface area contributed by atoms with Crippen LogP contribution in [-0.2, 0) is 18.9 Å². The number of hydrogen-bond acceptors (Lipinski definition) is 6. The molecule has 0 aliphatic heterocycles. The van der Waals surface area contributed by atoms with Gasteiger partial charge in [0.2, 0.25) is 5.91 Å². The Hall–Kier alpha value is -3.56. The molecule has 1 atom stereocenters. The minimum absolute atomic E-state index is 0.0581. The second kappa shape index (κ2) is 9.51. The van der Waals surface area contributed by atoms with E-state index >= 15 is 0 Å². The van der Waals surface area contributed by atoms with Crippen molar-refractivity contribution in [3.8, 4) is 11.3 Å². The van der Waals surface area contributed by atoms with Crippen molar-refractivity contribution in [3.05, 3.63) is 42.0 Å². The summed E-state index contributed by atoms with van der Waals surface area (Å²) in [6.45, 7) is 4.22. The number of anilines is 1. The smallest absolute Gasteiger partial charge is 0.271 e. The predicted molar refractivity (Wildman–Crippen MR) is 123 cm³/mol. The normalized spacial score (nSPS) is 19.2. The van der Waals surface area contributed by atoms with Crippen molar-refractivity contribution in [2.45, 2.75) is 45.6 Å². The first-order valence-corrected chi connectivity index (χ1v) is 11.2. The van der Waals surface area contributed by atoms with Crippen molar-refractivity contribution in [3.63, 3.8) is 0 Å². The molecule has 1 saturated carbocycles. The fourth-order valence-electron chi connectivity index (χ4n) is 4.50. The Morgan fingerprint density at radius 3 is 2.39 bits per heavy atom. The van der Waals surface area contributed by atoms with Crippen LogP contribution in [0.15, 0.2) is 30.7 Å². The Balaban J connectivity index is 1.51. The zero-order valence-corrected chi connectivity index (χ0v) is 19.4. The van der Waals surface area contributed by atoms with E-state index in [0.717, 1.165) is 42.5 Å². The summed E-state index contributed by atoms with van der Waals surface area (Å²) in [7, 11) is 3.53. The number of carbonyl (C=O) groups is 2. The zero-order chi connectivity index (χ0) is 23.5. The average molecular weight is 451 g/mol. The number of pyridine rings is 1. The first kappa shape index (κ1) is 22.6. The van der Waals surface area contributed by atoms with E-state index in [9.17, 15) is 9.59 Å². The van der Waals surface area contributed by atoms with Crippen molar-refractivity contribution < 1.29 is 9.59 Å². The number of rotatable bonds is 6. The third kappa shape index (κ3) is 4.94. The maximum Gasteiger partial charge on any atom is 0.271 e. The van der Waals surface area contributed by atoms with Gasteiger partial charge in [-0.05, 0) is 49.3 Å². The lowest BCUT2D eigenvalue weighted by atomic mass is 9.79. The highest BCUT2D eigenvalue weighted by Crippen LogP contribution is 2.31. The molecule has 10 heteroatoms. The summed E-state index contributed by atoms with van der Waals surface area (Å²) in [6, 6.07) is 3.01. The topological polar surface area (TPSA) is 120 Å². The number of hydrogen-bond donors (Lipinski definition) is 2. The molecule has 1 fully saturated rings. The Labute approximate surface area is 192 Å². The van der Waals surface area contributed by atoms with Crippen molar-refractivity contribution >= 4 is 17.6 Å². The van der Waals surface area contributed by atoms with E-state index < -0.39 is 6.04 Å². The van der Waals surface area contributed by atoms with Gasteiger partial charge in [0.05, 0.1) is 18.1 Å². The van der Waals surface area contributed by atoms with Gasteiger partial charge in [0, 0.05) is 25.9 Å². The van der Waals surface area contributed by atoms with E-state index in [2.05, 4.69) is 38.0 Å². The maximum absolute atomic E-state index is 13.3. The Morgan fingerprint density at radius 2 is 1.82 bits per heavy atom. The third-order valence-corrected chi connectivity index (χ3v) is 6.46. The van der Waals surface area contributed by atoms with E-state index in [0.29, 0.717) is 17.4 Å². The summed E-state index contributed by atoms with van der Waals surface area (Å²) >= 11 is 0. The number of nitrogens with zero attached hydrogens (tertiary/aromatic N) is 6. The quantitative estimate of drug-likeness (QED) is 0.595. The van der Waals surface area contributed by atoms with Crippen molar-refractivity contribution in [1.29, 1.82) is 0 Å². The third-order valence-electron chi connectivity index (χ3n) is 6.46. The van der Waals surface area contributed by atoms with Gasteiger partial charge < -0.3 is 10.6 Å². The largest absolute Gasteiger partial charge is 0.339 e. The first-order valence-electron chi connectivity index (χ1n) is 11.2. The molecule has 0 saturated heterocycles. The van der Waals surface area contributed by atoms with E-state index in [1.165, 1.54) is 10.9 Å². The highest BCUT2D eigenvalue weighted by molar-refractivity contribution is 6.00. The van der Waals surface area contributed by atoms with Crippen LogP contribution in [0.5, 0.6) is 0 Å². The van der Waals surface area contributed by atoms with E-state index in [1.54, 1.807) is 30.2 Å². The van der Waals surface area contributed by atoms with Gasteiger partial charge >= 0.3 is 0 Å². The summed E-state index contributed by atoms with van der Waals surface area (Å²) in [5, 5.41) is 17.7. The maximum atomic E-state index is 13.3. The molecule has 0 bridgehead atoms. The van der Waals surface area contributed by atoms with Gasteiger partial charge in [-0.15, -0.1) is 5.10 Å². The van der Waals surface area contributed by atoms with Crippen LogP contribution in [0.3, 0.4) is 0 Å². The molecule has 2 amide bonds. The lowest BCUT2D eigenvalue weighted by molar-refractivity contribution is -0.119. The molecular formula is C23H30N8O2. The lowest BCUT2D eigenvalue weighted by Gasteiger charge is -2.32. The van der Waals surface area contributed by atoms with Gasteiger partial charge in [-0.1, -0.05) is 25.0 Å². The summed E-state index contributed by atoms with van der Waals surface area (Å²) in [4.78, 5) is 30.5. The Morgan fingerprint density at radius 1 is 1.06 bits per heavy atom. The van der Waals surface area contributed by atoms with E-state index in [4.69, 9.17) is 0 Å². The molecule has 174 valence electrons. The number of aromatic nitrogens is 6. The molecular weight excluding hydrogens is 420 g/mol. The minimum atomic E-state index is -0.666. The molecule has 1 aliphatic carbocycles. The van der Waals surface area contributed by atoms with Crippen LogP contribution in [0.25, 0.3) is 11.3 Å². The van der Waals surface area contributed by atoms with Crippen LogP contribution >= 0.6 is 0 Å². The molecule has 2 N–H and O–H groups in total. The average Bonchev–Trinajstić information content (AvgIpc) is 3.38. The van der Waals surface area contributed by atoms with Gasteiger partial charge in [0.1, 0.15) is 17.6 Å². The van der Waals surface area contributed by atoms with Crippen LogP contribution in [0.1, 0.15) is 48.7 Å². The van der Waals surface area contributed by atoms with Crippen LogP contribution < -0.4 is 10.6 Å². The number of carbonyl (C=O) groups excluding carboxylic acids is 2. The van der Waals surface area contributed by atoms with Crippen LogP contribution in [0, 0.1) is 18.8 Å². The highest BCUT2D eigenvalue weighted by Gasteiger charge is 2.33. The van der Waals surface area contributed by atoms with Crippen LogP contribution in [0.2, 0.25) is 0 Å². The lowest BCUT2D eigenvalue weighted by Crippen LogP contribution is -2.49. The Bertz CT molecular complexity index is 1110. The van der Waals surface area contributed by atoms with Gasteiger partial charge in [0.25, 0.3) is 5.91 Å². The molecule has 33 heavy (non-hydrogen) atoms. The van der Waals surface area contributed by atoms with Gasteiger partial charge in [-0.25, -0.2) is 9.67 Å². The highest BCUT2D eigenvalue weighted by atomic mass is 16.2. The SMILES string of the molecule is Cc1cnn(C)c1-c1ccc(NC(=O)C(NC(=O)c2cnnn2C)C2CCC(C)CC2)nc1. The van der Waals surface area contributed by atoms with Crippen molar-refractivity contribution in [2.24, 2.45) is 25.9 Å². The zero-order valence-electron chi connectivity index (χ0n) is 19.4. The van der Waals surface area contributed by atoms with E-state index in [1.807, 2.05) is 20.0 Å². The standard InChI is InChI=1S/C23H30N8O2/c1-14-5-7-16(8-6-14)20(28-22(32)18-13-25-29-30(18)3)23(33)27-19-10-9-17(12-24-19)21-15(2)11-26-31(21)4/h9-14,16,20H,5-8H2,1-4H3,(H,28,32)(H,24,27,33). The van der Waals surface area contributed by atoms with Crippen LogP contribution in [0.4, 0.5) is 5.82 Å². The fraction of sp³-hybridized carbons (Fsp3) is 0.478. The summed E-state index contributed by atoms with van der Waals surface area (Å²) in [5.41, 5.74) is 3.26. The van der Waals surface area contributed by atoms with Crippen LogP contribution in [-0.4, -0.2) is 47.6 Å². The van der Waals surface area contributed by atoms with E-state index in [-0.39, 0.29) is 17.7 Å². The molecule has 1 unspecified atom stereocenters.